The number of rotatable bonds is 7. The SMILES string of the molecule is NC(N)=NCCC[C@@H](N)C(=O)NCc1c(F)cc(O)cc1F.O=C(O)C(F)(F)F. The van der Waals surface area contributed by atoms with Gasteiger partial charge in [-0.15, -0.1) is 0 Å². The van der Waals surface area contributed by atoms with Crippen LogP contribution in [0, 0.1) is 11.6 Å². The third kappa shape index (κ3) is 10.7. The van der Waals surface area contributed by atoms with Gasteiger partial charge in [0, 0.05) is 30.8 Å². The van der Waals surface area contributed by atoms with E-state index in [1.165, 1.54) is 0 Å². The average molecular weight is 429 g/mol. The number of halogens is 5. The molecular formula is C15H20F5N5O4. The summed E-state index contributed by atoms with van der Waals surface area (Å²) >= 11 is 0. The zero-order valence-corrected chi connectivity index (χ0v) is 14.8. The minimum Gasteiger partial charge on any atom is -0.508 e. The van der Waals surface area contributed by atoms with Gasteiger partial charge >= 0.3 is 12.1 Å². The number of aliphatic carboxylic acids is 1. The maximum Gasteiger partial charge on any atom is 0.490 e. The molecule has 29 heavy (non-hydrogen) atoms. The van der Waals surface area contributed by atoms with Crippen molar-refractivity contribution in [2.75, 3.05) is 6.54 Å². The summed E-state index contributed by atoms with van der Waals surface area (Å²) in [5.41, 5.74) is 15.6. The summed E-state index contributed by atoms with van der Waals surface area (Å²) in [5.74, 6) is -5.76. The predicted octanol–water partition coefficient (Wildman–Crippen LogP) is 0.301. The molecule has 0 saturated carbocycles. The number of nitrogens with zero attached hydrogens (tertiary/aromatic N) is 1. The van der Waals surface area contributed by atoms with E-state index in [4.69, 9.17) is 32.2 Å². The number of aromatic hydroxyl groups is 1. The molecule has 1 aromatic carbocycles. The van der Waals surface area contributed by atoms with Crippen LogP contribution in [0.25, 0.3) is 0 Å². The lowest BCUT2D eigenvalue weighted by Crippen LogP contribution is -2.40. The van der Waals surface area contributed by atoms with Gasteiger partial charge in [-0.25, -0.2) is 13.6 Å². The molecule has 0 unspecified atom stereocenters. The van der Waals surface area contributed by atoms with Gasteiger partial charge in [0.1, 0.15) is 17.4 Å². The Labute approximate surface area is 161 Å². The number of carboxylic acid groups (broad SMARTS) is 1. The summed E-state index contributed by atoms with van der Waals surface area (Å²) in [7, 11) is 0. The number of phenolic OH excluding ortho intramolecular Hbond substituents is 1. The van der Waals surface area contributed by atoms with Crippen LogP contribution < -0.4 is 22.5 Å². The maximum absolute atomic E-state index is 13.5. The number of hydrogen-bond acceptors (Lipinski definition) is 5. The lowest BCUT2D eigenvalue weighted by Gasteiger charge is -2.12. The molecular weight excluding hydrogens is 409 g/mol. The zero-order chi connectivity index (χ0) is 22.8. The Hall–Kier alpha value is -3.16. The van der Waals surface area contributed by atoms with Crippen LogP contribution in [0.15, 0.2) is 17.1 Å². The molecule has 9 N–H and O–H groups in total. The Morgan fingerprint density at radius 1 is 1.17 bits per heavy atom. The number of nitrogens with one attached hydrogen (secondary N) is 1. The molecule has 0 bridgehead atoms. The molecule has 0 fully saturated rings. The molecule has 1 amide bonds. The minimum atomic E-state index is -5.08. The predicted molar refractivity (Wildman–Crippen MR) is 91.4 cm³/mol. The van der Waals surface area contributed by atoms with Gasteiger partial charge in [-0.2, -0.15) is 13.2 Å². The second kappa shape index (κ2) is 11.6. The first kappa shape index (κ1) is 25.8. The summed E-state index contributed by atoms with van der Waals surface area (Å²) in [6.07, 6.45) is -4.27. The van der Waals surface area contributed by atoms with Crippen molar-refractivity contribution in [3.8, 4) is 5.75 Å². The van der Waals surface area contributed by atoms with E-state index in [2.05, 4.69) is 10.3 Å². The van der Waals surface area contributed by atoms with Crippen LogP contribution in [0.3, 0.4) is 0 Å². The zero-order valence-electron chi connectivity index (χ0n) is 14.8. The molecule has 0 saturated heterocycles. The standard InChI is InChI=1S/C13H19F2N5O2.C2HF3O2/c14-9-4-7(21)5-10(15)8(9)6-20-12(22)11(16)2-1-3-19-13(17)18;3-2(4,5)1(6)7/h4-5,11,21H,1-3,6,16H2,(H,20,22)(H4,17,18,19);(H,6,7)/t11-;/m1./s1. The summed E-state index contributed by atoms with van der Waals surface area (Å²) in [6, 6.07) is 0.692. The van der Waals surface area contributed by atoms with Gasteiger partial charge in [-0.1, -0.05) is 0 Å². The van der Waals surface area contributed by atoms with Crippen LogP contribution in [-0.4, -0.2) is 46.8 Å². The van der Waals surface area contributed by atoms with E-state index in [0.717, 1.165) is 12.1 Å². The number of guanidine groups is 1. The molecule has 0 aliphatic rings. The highest BCUT2D eigenvalue weighted by molar-refractivity contribution is 5.81. The molecule has 1 rings (SSSR count). The van der Waals surface area contributed by atoms with Crippen molar-refractivity contribution in [2.45, 2.75) is 31.6 Å². The Bertz CT molecular complexity index is 715. The Balaban J connectivity index is 0.000000956. The number of aliphatic imine (C=N–C) groups is 1. The topological polar surface area (TPSA) is 177 Å². The highest BCUT2D eigenvalue weighted by atomic mass is 19.4. The van der Waals surface area contributed by atoms with Gasteiger partial charge in [0.25, 0.3) is 0 Å². The molecule has 0 heterocycles. The van der Waals surface area contributed by atoms with E-state index >= 15 is 0 Å². The minimum absolute atomic E-state index is 0.0451. The van der Waals surface area contributed by atoms with Crippen molar-refractivity contribution in [3.05, 3.63) is 29.3 Å². The number of hydrogen-bond donors (Lipinski definition) is 6. The van der Waals surface area contributed by atoms with Crippen molar-refractivity contribution >= 4 is 17.8 Å². The highest BCUT2D eigenvalue weighted by Crippen LogP contribution is 2.19. The van der Waals surface area contributed by atoms with Crippen LogP contribution in [0.1, 0.15) is 18.4 Å². The number of phenols is 1. The van der Waals surface area contributed by atoms with Crippen molar-refractivity contribution in [1.29, 1.82) is 0 Å². The number of amides is 1. The van der Waals surface area contributed by atoms with Crippen molar-refractivity contribution in [1.82, 2.24) is 5.32 Å². The van der Waals surface area contributed by atoms with Gasteiger partial charge in [-0.3, -0.25) is 9.79 Å². The van der Waals surface area contributed by atoms with Crippen LogP contribution >= 0.6 is 0 Å². The maximum atomic E-state index is 13.5. The lowest BCUT2D eigenvalue weighted by molar-refractivity contribution is -0.192. The summed E-state index contributed by atoms with van der Waals surface area (Å²) < 4.78 is 58.7. The molecule has 0 spiro atoms. The molecule has 14 heteroatoms. The second-order valence-electron chi connectivity index (χ2n) is 5.46. The Morgan fingerprint density at radius 2 is 1.66 bits per heavy atom. The smallest absolute Gasteiger partial charge is 0.490 e. The number of carboxylic acids is 1. The van der Waals surface area contributed by atoms with Crippen molar-refractivity contribution < 1.29 is 41.8 Å². The fraction of sp³-hybridized carbons (Fsp3) is 0.400. The lowest BCUT2D eigenvalue weighted by atomic mass is 10.1. The number of carbonyl (C=O) groups excluding carboxylic acids is 1. The second-order valence-corrected chi connectivity index (χ2v) is 5.46. The van der Waals surface area contributed by atoms with E-state index in [1.807, 2.05) is 0 Å². The number of benzene rings is 1. The van der Waals surface area contributed by atoms with Gasteiger partial charge < -0.3 is 32.7 Å². The first-order chi connectivity index (χ1) is 13.3. The van der Waals surface area contributed by atoms with Gasteiger partial charge in [0.05, 0.1) is 6.04 Å². The van der Waals surface area contributed by atoms with E-state index < -0.39 is 41.5 Å². The first-order valence-corrected chi connectivity index (χ1v) is 7.81. The third-order valence-electron chi connectivity index (χ3n) is 3.11. The van der Waals surface area contributed by atoms with Gasteiger partial charge in [-0.05, 0) is 12.8 Å². The van der Waals surface area contributed by atoms with Crippen LogP contribution in [0.4, 0.5) is 22.0 Å². The largest absolute Gasteiger partial charge is 0.508 e. The fourth-order valence-electron chi connectivity index (χ4n) is 1.72. The molecule has 0 aliphatic heterocycles. The van der Waals surface area contributed by atoms with Crippen LogP contribution in [-0.2, 0) is 16.1 Å². The quantitative estimate of drug-likeness (QED) is 0.156. The normalized spacial score (nSPS) is 11.7. The van der Waals surface area contributed by atoms with E-state index in [1.54, 1.807) is 0 Å². The van der Waals surface area contributed by atoms with Crippen molar-refractivity contribution in [3.63, 3.8) is 0 Å². The summed E-state index contributed by atoms with van der Waals surface area (Å²) in [6.45, 7) is -0.0249. The third-order valence-corrected chi connectivity index (χ3v) is 3.11. The van der Waals surface area contributed by atoms with Crippen LogP contribution in [0.2, 0.25) is 0 Å². The monoisotopic (exact) mass is 429 g/mol. The molecule has 0 aliphatic carbocycles. The molecule has 9 nitrogen and oxygen atoms in total. The molecule has 1 aromatic rings. The summed E-state index contributed by atoms with van der Waals surface area (Å²) in [4.78, 5) is 24.4. The van der Waals surface area contributed by atoms with Crippen LogP contribution in [0.5, 0.6) is 5.75 Å². The highest BCUT2D eigenvalue weighted by Gasteiger charge is 2.38. The Kier molecular flexibility index (Phi) is 10.4. The molecule has 164 valence electrons. The molecule has 0 aromatic heterocycles. The Morgan fingerprint density at radius 3 is 2.07 bits per heavy atom. The van der Waals surface area contributed by atoms with Gasteiger partial charge in [0.2, 0.25) is 5.91 Å². The number of alkyl halides is 3. The van der Waals surface area contributed by atoms with Gasteiger partial charge in [0.15, 0.2) is 5.96 Å². The molecule has 0 radical (unpaired) electrons. The molecule has 1 atom stereocenters. The van der Waals surface area contributed by atoms with E-state index in [-0.39, 0.29) is 18.1 Å². The first-order valence-electron chi connectivity index (χ1n) is 7.81. The van der Waals surface area contributed by atoms with E-state index in [9.17, 15) is 26.7 Å². The van der Waals surface area contributed by atoms with E-state index in [0.29, 0.717) is 19.4 Å². The average Bonchev–Trinajstić information content (AvgIpc) is 2.56. The number of carbonyl (C=O) groups is 2. The summed E-state index contributed by atoms with van der Waals surface area (Å²) in [5, 5.41) is 18.5. The van der Waals surface area contributed by atoms with Crippen molar-refractivity contribution in [2.24, 2.45) is 22.2 Å². The fourth-order valence-corrected chi connectivity index (χ4v) is 1.72. The number of nitrogens with two attached hydrogens (primary N) is 3.